The van der Waals surface area contributed by atoms with E-state index in [9.17, 15) is 22.0 Å². The van der Waals surface area contributed by atoms with Crippen molar-refractivity contribution in [2.24, 2.45) is 0 Å². The van der Waals surface area contributed by atoms with Crippen LogP contribution in [0.4, 0.5) is 8.78 Å². The van der Waals surface area contributed by atoms with Crippen molar-refractivity contribution in [1.29, 1.82) is 0 Å². The van der Waals surface area contributed by atoms with Gasteiger partial charge in [0.05, 0.1) is 17.5 Å². The van der Waals surface area contributed by atoms with E-state index in [2.05, 4.69) is 0 Å². The summed E-state index contributed by atoms with van der Waals surface area (Å²) in [4.78, 5) is 10.9. The van der Waals surface area contributed by atoms with Crippen LogP contribution in [0.3, 0.4) is 0 Å². The minimum absolute atomic E-state index is 0.0366. The van der Waals surface area contributed by atoms with E-state index < -0.39 is 27.6 Å². The van der Waals surface area contributed by atoms with E-state index >= 15 is 0 Å². The van der Waals surface area contributed by atoms with Crippen LogP contribution < -0.4 is 4.74 Å². The number of carbonyl (C=O) groups is 1. The topological polar surface area (TPSA) is 85.6 Å². The van der Waals surface area contributed by atoms with E-state index in [0.29, 0.717) is 22.3 Å². The first kappa shape index (κ1) is 22.5. The molecule has 0 spiro atoms. The predicted octanol–water partition coefficient (Wildman–Crippen LogP) is 4.85. The molecule has 170 valence electrons. The number of halogens is 2. The van der Waals surface area contributed by atoms with Gasteiger partial charge in [-0.15, -0.1) is 0 Å². The number of hydrogen-bond donors (Lipinski definition) is 1. The fourth-order valence-corrected chi connectivity index (χ4v) is 5.11. The fourth-order valence-electron chi connectivity index (χ4n) is 3.67. The Morgan fingerprint density at radius 2 is 1.85 bits per heavy atom. The lowest BCUT2D eigenvalue weighted by Crippen LogP contribution is -2.12. The van der Waals surface area contributed by atoms with Crippen LogP contribution >= 0.6 is 0 Å². The molecule has 3 aromatic carbocycles. The normalized spacial score (nSPS) is 11.6. The van der Waals surface area contributed by atoms with E-state index in [4.69, 9.17) is 9.84 Å². The molecule has 0 saturated carbocycles. The van der Waals surface area contributed by atoms with Gasteiger partial charge in [0.1, 0.15) is 17.4 Å². The van der Waals surface area contributed by atoms with Crippen molar-refractivity contribution < 1.29 is 31.8 Å². The largest absolute Gasteiger partial charge is 0.497 e. The Morgan fingerprint density at radius 3 is 2.55 bits per heavy atom. The highest BCUT2D eigenvalue weighted by Gasteiger charge is 2.23. The lowest BCUT2D eigenvalue weighted by Gasteiger charge is -2.10. The molecule has 6 nitrogen and oxygen atoms in total. The van der Waals surface area contributed by atoms with Crippen LogP contribution in [0.5, 0.6) is 5.75 Å². The summed E-state index contributed by atoms with van der Waals surface area (Å²) in [7, 11) is -2.74. The second kappa shape index (κ2) is 8.67. The van der Waals surface area contributed by atoms with Gasteiger partial charge in [-0.3, -0.25) is 4.79 Å². The quantitative estimate of drug-likeness (QED) is 0.417. The van der Waals surface area contributed by atoms with Gasteiger partial charge in [0, 0.05) is 29.6 Å². The SMILES string of the molecule is COc1ccc(-c2cccc(S(=O)(=O)n3cc(CCC(=O)O)c4cc(F)ccc43)c2)c(F)c1. The van der Waals surface area contributed by atoms with E-state index in [1.54, 1.807) is 12.1 Å². The van der Waals surface area contributed by atoms with Gasteiger partial charge in [-0.1, -0.05) is 12.1 Å². The average Bonchev–Trinajstić information content (AvgIpc) is 3.16. The summed E-state index contributed by atoms with van der Waals surface area (Å²) in [5.74, 6) is -1.85. The third-order valence-corrected chi connectivity index (χ3v) is 6.97. The number of methoxy groups -OCH3 is 1. The summed E-state index contributed by atoms with van der Waals surface area (Å²) in [5, 5.41) is 9.32. The first-order valence-electron chi connectivity index (χ1n) is 9.91. The summed E-state index contributed by atoms with van der Waals surface area (Å²) in [5.41, 5.74) is 1.17. The van der Waals surface area contributed by atoms with Crippen LogP contribution in [-0.4, -0.2) is 30.6 Å². The van der Waals surface area contributed by atoms with Crippen LogP contribution in [-0.2, 0) is 21.2 Å². The number of nitrogens with zero attached hydrogens (tertiary/aromatic N) is 1. The number of aromatic nitrogens is 1. The highest BCUT2D eigenvalue weighted by Crippen LogP contribution is 2.31. The predicted molar refractivity (Wildman–Crippen MR) is 119 cm³/mol. The molecule has 0 saturated heterocycles. The molecule has 0 radical (unpaired) electrons. The third-order valence-electron chi connectivity index (χ3n) is 5.30. The van der Waals surface area contributed by atoms with Crippen molar-refractivity contribution in [3.05, 3.63) is 84.1 Å². The van der Waals surface area contributed by atoms with Gasteiger partial charge in [0.15, 0.2) is 0 Å². The molecule has 0 fully saturated rings. The number of aliphatic carboxylic acids is 1. The lowest BCUT2D eigenvalue weighted by molar-refractivity contribution is -0.136. The Balaban J connectivity index is 1.82. The van der Waals surface area contributed by atoms with E-state index in [0.717, 1.165) is 10.0 Å². The molecule has 0 amide bonds. The van der Waals surface area contributed by atoms with Crippen molar-refractivity contribution in [1.82, 2.24) is 3.97 Å². The van der Waals surface area contributed by atoms with Crippen molar-refractivity contribution in [2.45, 2.75) is 17.7 Å². The number of carboxylic acids is 1. The standard InChI is InChI=1S/C24H19F2NO5S/c1-32-18-7-8-20(22(26)13-18)15-3-2-4-19(11-15)33(30,31)27-14-16(5-10-24(28)29)21-12-17(25)6-9-23(21)27/h2-4,6-9,11-14H,5,10H2,1H3,(H,28,29). The molecule has 4 rings (SSSR count). The molecule has 0 unspecified atom stereocenters. The van der Waals surface area contributed by atoms with Crippen LogP contribution in [0.2, 0.25) is 0 Å². The monoisotopic (exact) mass is 471 g/mol. The molecule has 4 aromatic rings. The molecule has 0 bridgehead atoms. The van der Waals surface area contributed by atoms with Gasteiger partial charge in [-0.25, -0.2) is 21.2 Å². The first-order chi connectivity index (χ1) is 15.7. The minimum Gasteiger partial charge on any atom is -0.497 e. The van der Waals surface area contributed by atoms with E-state index in [1.807, 2.05) is 0 Å². The average molecular weight is 471 g/mol. The summed E-state index contributed by atoms with van der Waals surface area (Å²) in [6.07, 6.45) is 1.11. The Kier molecular flexibility index (Phi) is 5.90. The number of hydrogen-bond acceptors (Lipinski definition) is 4. The number of benzene rings is 3. The fraction of sp³-hybridized carbons (Fsp3) is 0.125. The molecule has 0 aliphatic rings. The van der Waals surface area contributed by atoms with E-state index in [-0.39, 0.29) is 28.8 Å². The maximum absolute atomic E-state index is 14.6. The Bertz CT molecular complexity index is 1480. The van der Waals surface area contributed by atoms with Gasteiger partial charge < -0.3 is 9.84 Å². The molecule has 0 atom stereocenters. The Hall–Kier alpha value is -3.72. The van der Waals surface area contributed by atoms with E-state index in [1.165, 1.54) is 55.8 Å². The number of fused-ring (bicyclic) bond motifs is 1. The zero-order valence-electron chi connectivity index (χ0n) is 17.5. The van der Waals surface area contributed by atoms with Gasteiger partial charge in [-0.2, -0.15) is 0 Å². The molecule has 9 heteroatoms. The van der Waals surface area contributed by atoms with Gasteiger partial charge in [0.25, 0.3) is 10.0 Å². The summed E-state index contributed by atoms with van der Waals surface area (Å²) in [6.45, 7) is 0. The summed E-state index contributed by atoms with van der Waals surface area (Å²) >= 11 is 0. The highest BCUT2D eigenvalue weighted by molar-refractivity contribution is 7.90. The molecule has 33 heavy (non-hydrogen) atoms. The van der Waals surface area contributed by atoms with Crippen LogP contribution in [0.15, 0.2) is 71.8 Å². The second-order valence-electron chi connectivity index (χ2n) is 7.38. The Morgan fingerprint density at radius 1 is 1.06 bits per heavy atom. The summed E-state index contributed by atoms with van der Waals surface area (Å²) < 4.78 is 61.4. The third kappa shape index (κ3) is 4.31. The molecular weight excluding hydrogens is 452 g/mol. The van der Waals surface area contributed by atoms with Crippen LogP contribution in [0.1, 0.15) is 12.0 Å². The maximum atomic E-state index is 14.6. The smallest absolute Gasteiger partial charge is 0.303 e. The van der Waals surface area contributed by atoms with Gasteiger partial charge in [-0.05, 0) is 60.0 Å². The zero-order valence-corrected chi connectivity index (χ0v) is 18.3. The van der Waals surface area contributed by atoms with Gasteiger partial charge >= 0.3 is 5.97 Å². The molecule has 1 aromatic heterocycles. The van der Waals surface area contributed by atoms with Crippen molar-refractivity contribution in [2.75, 3.05) is 7.11 Å². The first-order valence-corrected chi connectivity index (χ1v) is 11.4. The zero-order chi connectivity index (χ0) is 23.8. The van der Waals surface area contributed by atoms with Crippen LogP contribution in [0, 0.1) is 11.6 Å². The lowest BCUT2D eigenvalue weighted by atomic mass is 10.1. The van der Waals surface area contributed by atoms with Gasteiger partial charge in [0.2, 0.25) is 0 Å². The number of rotatable bonds is 7. The highest BCUT2D eigenvalue weighted by atomic mass is 32.2. The van der Waals surface area contributed by atoms with Crippen LogP contribution in [0.25, 0.3) is 22.0 Å². The molecule has 0 aliphatic heterocycles. The Labute approximate surface area is 188 Å². The number of ether oxygens (including phenoxy) is 1. The maximum Gasteiger partial charge on any atom is 0.303 e. The van der Waals surface area contributed by atoms with Crippen molar-refractivity contribution in [3.8, 4) is 16.9 Å². The molecule has 0 aliphatic carbocycles. The van der Waals surface area contributed by atoms with Crippen molar-refractivity contribution in [3.63, 3.8) is 0 Å². The second-order valence-corrected chi connectivity index (χ2v) is 9.20. The molecule has 1 N–H and O–H groups in total. The number of carboxylic acid groups (broad SMARTS) is 1. The number of aryl methyl sites for hydroxylation is 1. The minimum atomic E-state index is -4.15. The molecule has 1 heterocycles. The van der Waals surface area contributed by atoms with Crippen molar-refractivity contribution >= 4 is 26.9 Å². The molecular formula is C24H19F2NO5S. The summed E-state index contributed by atoms with van der Waals surface area (Å²) in [6, 6.07) is 13.8.